The van der Waals surface area contributed by atoms with Crippen LogP contribution >= 0.6 is 0 Å². The van der Waals surface area contributed by atoms with Crippen LogP contribution in [0.25, 0.3) is 0 Å². The summed E-state index contributed by atoms with van der Waals surface area (Å²) in [6.45, 7) is -2.09. The van der Waals surface area contributed by atoms with E-state index >= 15 is 0 Å². The van der Waals surface area contributed by atoms with E-state index < -0.39 is 49.2 Å². The minimum Gasteiger partial charge on any atom is -0.480 e. The number of aliphatic hydroxyl groups is 4. The SMILES string of the molecule is O=C(O)C(Cc1cnc[nH]1)N(C(=O)C(O)CO)C(=O)C(O)CO. The van der Waals surface area contributed by atoms with Gasteiger partial charge in [0.25, 0.3) is 11.8 Å². The Labute approximate surface area is 129 Å². The fourth-order valence-electron chi connectivity index (χ4n) is 1.79. The highest BCUT2D eigenvalue weighted by molar-refractivity contribution is 6.02. The van der Waals surface area contributed by atoms with Crippen molar-refractivity contribution in [1.82, 2.24) is 14.9 Å². The molecule has 6 N–H and O–H groups in total. The molecule has 1 aromatic rings. The van der Waals surface area contributed by atoms with E-state index in [1.165, 1.54) is 12.5 Å². The number of amides is 2. The molecule has 3 unspecified atom stereocenters. The number of carbonyl (C=O) groups is 3. The van der Waals surface area contributed by atoms with Crippen molar-refractivity contribution in [3.63, 3.8) is 0 Å². The zero-order valence-electron chi connectivity index (χ0n) is 11.9. The number of hydrogen-bond acceptors (Lipinski definition) is 8. The molecule has 0 aliphatic heterocycles. The van der Waals surface area contributed by atoms with Gasteiger partial charge in [-0.25, -0.2) is 9.78 Å². The second-order valence-corrected chi connectivity index (χ2v) is 4.58. The normalized spacial score (nSPS) is 14.8. The van der Waals surface area contributed by atoms with Gasteiger partial charge in [-0.2, -0.15) is 0 Å². The number of imide groups is 1. The quantitative estimate of drug-likeness (QED) is 0.281. The van der Waals surface area contributed by atoms with E-state index in [1.807, 2.05) is 0 Å². The molecule has 0 spiro atoms. The van der Waals surface area contributed by atoms with Gasteiger partial charge in [0.05, 0.1) is 19.5 Å². The van der Waals surface area contributed by atoms with E-state index in [9.17, 15) is 29.7 Å². The first kappa shape index (κ1) is 18.7. The second kappa shape index (κ2) is 8.33. The van der Waals surface area contributed by atoms with Gasteiger partial charge in [0.15, 0.2) is 12.2 Å². The molecule has 1 aromatic heterocycles. The first-order valence-corrected chi connectivity index (χ1v) is 6.48. The van der Waals surface area contributed by atoms with Crippen molar-refractivity contribution in [3.05, 3.63) is 18.2 Å². The van der Waals surface area contributed by atoms with Crippen LogP contribution < -0.4 is 0 Å². The van der Waals surface area contributed by atoms with Crippen LogP contribution in [-0.2, 0) is 20.8 Å². The number of H-pyrrole nitrogens is 1. The van der Waals surface area contributed by atoms with E-state index in [0.29, 0.717) is 0 Å². The first-order valence-electron chi connectivity index (χ1n) is 6.48. The number of carbonyl (C=O) groups excluding carboxylic acids is 2. The van der Waals surface area contributed by atoms with Gasteiger partial charge in [-0.15, -0.1) is 0 Å². The fraction of sp³-hybridized carbons (Fsp3) is 0.500. The number of aliphatic carboxylic acids is 1. The Morgan fingerprint density at radius 1 is 1.13 bits per heavy atom. The number of nitrogens with one attached hydrogen (secondary N) is 1. The van der Waals surface area contributed by atoms with Crippen LogP contribution in [0.3, 0.4) is 0 Å². The summed E-state index contributed by atoms with van der Waals surface area (Å²) < 4.78 is 0. The highest BCUT2D eigenvalue weighted by atomic mass is 16.4. The molecule has 1 heterocycles. The Balaban J connectivity index is 3.18. The maximum Gasteiger partial charge on any atom is 0.327 e. The number of carboxylic acid groups (broad SMARTS) is 1. The standard InChI is InChI=1S/C12H17N3O8/c16-3-8(18)10(20)15(11(21)9(19)4-17)7(12(22)23)1-6-2-13-5-14-6/h2,5,7-9,16-19H,1,3-4H2,(H,13,14)(H,22,23). The fourth-order valence-corrected chi connectivity index (χ4v) is 1.79. The van der Waals surface area contributed by atoms with Gasteiger partial charge in [0, 0.05) is 18.3 Å². The molecule has 1 rings (SSSR count). The molecule has 0 saturated carbocycles. The minimum absolute atomic E-state index is 0.116. The molecule has 3 atom stereocenters. The van der Waals surface area contributed by atoms with E-state index in [4.69, 9.17) is 10.2 Å². The smallest absolute Gasteiger partial charge is 0.327 e. The van der Waals surface area contributed by atoms with Crippen LogP contribution in [-0.4, -0.2) is 89.6 Å². The predicted octanol–water partition coefficient (Wildman–Crippen LogP) is -3.53. The van der Waals surface area contributed by atoms with Crippen molar-refractivity contribution < 1.29 is 39.9 Å². The number of imidazole rings is 1. The van der Waals surface area contributed by atoms with E-state index in [2.05, 4.69) is 9.97 Å². The lowest BCUT2D eigenvalue weighted by Crippen LogP contribution is -2.57. The van der Waals surface area contributed by atoms with Gasteiger partial charge in [-0.05, 0) is 0 Å². The number of aliphatic hydroxyl groups excluding tert-OH is 4. The third kappa shape index (κ3) is 4.56. The lowest BCUT2D eigenvalue weighted by atomic mass is 10.1. The molecule has 0 radical (unpaired) electrons. The molecule has 0 fully saturated rings. The molecule has 128 valence electrons. The summed E-state index contributed by atoms with van der Waals surface area (Å²) in [5, 5.41) is 45.7. The van der Waals surface area contributed by atoms with Crippen molar-refractivity contribution in [2.45, 2.75) is 24.7 Å². The van der Waals surface area contributed by atoms with Crippen LogP contribution in [0.5, 0.6) is 0 Å². The summed E-state index contributed by atoms with van der Waals surface area (Å²) in [5.41, 5.74) is 0.278. The van der Waals surface area contributed by atoms with Gasteiger partial charge in [0.2, 0.25) is 0 Å². The van der Waals surface area contributed by atoms with Gasteiger partial charge in [-0.1, -0.05) is 0 Å². The third-order valence-electron chi connectivity index (χ3n) is 2.96. The van der Waals surface area contributed by atoms with Crippen molar-refractivity contribution in [2.24, 2.45) is 0 Å². The molecule has 2 amide bonds. The Bertz CT molecular complexity index is 525. The van der Waals surface area contributed by atoms with Gasteiger partial charge in [-0.3, -0.25) is 14.5 Å². The van der Waals surface area contributed by atoms with Crippen molar-refractivity contribution in [1.29, 1.82) is 0 Å². The van der Waals surface area contributed by atoms with Crippen molar-refractivity contribution >= 4 is 17.8 Å². The van der Waals surface area contributed by atoms with Crippen molar-refractivity contribution in [3.8, 4) is 0 Å². The lowest BCUT2D eigenvalue weighted by molar-refractivity contribution is -0.167. The average Bonchev–Trinajstić information content (AvgIpc) is 3.04. The molecule has 0 saturated heterocycles. The number of aromatic amines is 1. The molecule has 0 bridgehead atoms. The largest absolute Gasteiger partial charge is 0.480 e. The molecular weight excluding hydrogens is 314 g/mol. The Morgan fingerprint density at radius 2 is 1.65 bits per heavy atom. The number of nitrogens with zero attached hydrogens (tertiary/aromatic N) is 2. The van der Waals surface area contributed by atoms with Gasteiger partial charge in [0.1, 0.15) is 6.04 Å². The van der Waals surface area contributed by atoms with Crippen LogP contribution in [0.4, 0.5) is 0 Å². The molecule has 0 aliphatic rings. The summed E-state index contributed by atoms with van der Waals surface area (Å²) in [6, 6.07) is -1.78. The third-order valence-corrected chi connectivity index (χ3v) is 2.96. The number of carboxylic acids is 1. The monoisotopic (exact) mass is 331 g/mol. The minimum atomic E-state index is -2.05. The zero-order chi connectivity index (χ0) is 17.6. The van der Waals surface area contributed by atoms with Crippen LogP contribution in [0.2, 0.25) is 0 Å². The van der Waals surface area contributed by atoms with E-state index in [1.54, 1.807) is 0 Å². The Hall–Kier alpha value is -2.34. The highest BCUT2D eigenvalue weighted by Crippen LogP contribution is 2.12. The first-order chi connectivity index (χ1) is 10.8. The lowest BCUT2D eigenvalue weighted by Gasteiger charge is -2.29. The van der Waals surface area contributed by atoms with Crippen LogP contribution in [0, 0.1) is 0 Å². The predicted molar refractivity (Wildman–Crippen MR) is 71.8 cm³/mol. The van der Waals surface area contributed by atoms with E-state index in [0.717, 1.165) is 0 Å². The molecule has 11 heteroatoms. The summed E-state index contributed by atoms with van der Waals surface area (Å²) >= 11 is 0. The maximum absolute atomic E-state index is 12.0. The molecule has 23 heavy (non-hydrogen) atoms. The number of aromatic nitrogens is 2. The number of hydrogen-bond donors (Lipinski definition) is 6. The van der Waals surface area contributed by atoms with E-state index in [-0.39, 0.29) is 17.0 Å². The number of rotatable bonds is 8. The molecule has 0 aliphatic carbocycles. The van der Waals surface area contributed by atoms with Crippen LogP contribution in [0.15, 0.2) is 12.5 Å². The second-order valence-electron chi connectivity index (χ2n) is 4.58. The zero-order valence-corrected chi connectivity index (χ0v) is 11.9. The average molecular weight is 331 g/mol. The van der Waals surface area contributed by atoms with Gasteiger partial charge >= 0.3 is 5.97 Å². The molecule has 11 nitrogen and oxygen atoms in total. The Kier molecular flexibility index (Phi) is 6.78. The summed E-state index contributed by atoms with van der Waals surface area (Å²) in [6.07, 6.45) is -1.94. The Morgan fingerprint density at radius 3 is 2.00 bits per heavy atom. The van der Waals surface area contributed by atoms with Gasteiger partial charge < -0.3 is 30.5 Å². The summed E-state index contributed by atoms with van der Waals surface area (Å²) in [7, 11) is 0. The molecule has 0 aromatic carbocycles. The summed E-state index contributed by atoms with van der Waals surface area (Å²) in [5.74, 6) is -4.40. The topological polar surface area (TPSA) is 184 Å². The highest BCUT2D eigenvalue weighted by Gasteiger charge is 2.40. The van der Waals surface area contributed by atoms with Crippen LogP contribution in [0.1, 0.15) is 5.69 Å². The van der Waals surface area contributed by atoms with Crippen molar-refractivity contribution in [2.75, 3.05) is 13.2 Å². The molecular formula is C12H17N3O8. The maximum atomic E-state index is 12.0. The summed E-state index contributed by atoms with van der Waals surface area (Å²) in [4.78, 5) is 41.9.